The highest BCUT2D eigenvalue weighted by molar-refractivity contribution is 6.35. The summed E-state index contributed by atoms with van der Waals surface area (Å²) in [4.78, 5) is 4.65. The van der Waals surface area contributed by atoms with E-state index in [2.05, 4.69) is 10.4 Å². The number of nitrogens with zero attached hydrogens (tertiary/aromatic N) is 3. The number of rotatable bonds is 4. The molecule has 4 atom stereocenters. The van der Waals surface area contributed by atoms with Gasteiger partial charge in [-0.05, 0) is 30.7 Å². The lowest BCUT2D eigenvalue weighted by atomic mass is 10.0. The average molecular weight is 473 g/mol. The van der Waals surface area contributed by atoms with Gasteiger partial charge in [-0.2, -0.15) is 0 Å². The number of halogens is 2. The van der Waals surface area contributed by atoms with Crippen molar-refractivity contribution in [2.45, 2.75) is 38.0 Å². The number of benzene rings is 2. The first-order chi connectivity index (χ1) is 15.4. The second kappa shape index (κ2) is 8.42. The fourth-order valence-electron chi connectivity index (χ4n) is 4.16. The van der Waals surface area contributed by atoms with Gasteiger partial charge in [0.25, 0.3) is 0 Å². The van der Waals surface area contributed by atoms with E-state index in [9.17, 15) is 10.2 Å². The number of hydrogen-bond acceptors (Lipinski definition) is 6. The molecular weight excluding hydrogens is 451 g/mol. The van der Waals surface area contributed by atoms with Crippen molar-refractivity contribution in [3.05, 3.63) is 70.3 Å². The molecule has 0 amide bonds. The zero-order valence-electron chi connectivity index (χ0n) is 17.2. The summed E-state index contributed by atoms with van der Waals surface area (Å²) in [6, 6.07) is 15.2. The molecule has 0 bridgehead atoms. The molecular formula is C23H22Cl2N4O3. The van der Waals surface area contributed by atoms with Crippen LogP contribution < -0.4 is 5.43 Å². The van der Waals surface area contributed by atoms with Crippen LogP contribution in [0.5, 0.6) is 0 Å². The molecule has 1 aromatic heterocycles. The Morgan fingerprint density at radius 1 is 1.06 bits per heavy atom. The van der Waals surface area contributed by atoms with Gasteiger partial charge in [-0.15, -0.1) is 0 Å². The number of ether oxygens (including phenoxy) is 1. The highest BCUT2D eigenvalue weighted by atomic mass is 35.5. The van der Waals surface area contributed by atoms with Crippen molar-refractivity contribution in [1.82, 2.24) is 9.58 Å². The zero-order chi connectivity index (χ0) is 22.4. The molecule has 0 saturated carbocycles. The maximum Gasteiger partial charge on any atom is 0.164 e. The first-order valence-electron chi connectivity index (χ1n) is 10.2. The van der Waals surface area contributed by atoms with Crippen LogP contribution in [0.15, 0.2) is 59.7 Å². The lowest BCUT2D eigenvalue weighted by Gasteiger charge is -2.26. The van der Waals surface area contributed by atoms with E-state index in [0.717, 1.165) is 22.4 Å². The van der Waals surface area contributed by atoms with E-state index in [0.29, 0.717) is 22.4 Å². The predicted molar refractivity (Wildman–Crippen MR) is 125 cm³/mol. The molecule has 1 fully saturated rings. The van der Waals surface area contributed by atoms with E-state index in [-0.39, 0.29) is 0 Å². The van der Waals surface area contributed by atoms with Crippen LogP contribution in [0, 0.1) is 0 Å². The van der Waals surface area contributed by atoms with Gasteiger partial charge in [-0.1, -0.05) is 53.5 Å². The molecule has 3 aromatic rings. The number of aliphatic imine (C=N–C) groups is 1. The summed E-state index contributed by atoms with van der Waals surface area (Å²) in [7, 11) is 0. The molecule has 5 rings (SSSR count). The second-order valence-corrected chi connectivity index (χ2v) is 8.85. The first-order valence-corrected chi connectivity index (χ1v) is 11.0. The van der Waals surface area contributed by atoms with Crippen LogP contribution in [0.25, 0.3) is 11.1 Å². The van der Waals surface area contributed by atoms with Crippen LogP contribution in [0.2, 0.25) is 10.0 Å². The molecule has 3 N–H and O–H groups in total. The fraction of sp³-hybridized carbons (Fsp3) is 0.261. The summed E-state index contributed by atoms with van der Waals surface area (Å²) in [5.41, 5.74) is 6.96. The smallest absolute Gasteiger partial charge is 0.164 e. The fourth-order valence-corrected chi connectivity index (χ4v) is 4.69. The molecule has 32 heavy (non-hydrogen) atoms. The number of fused-ring (bicyclic) bond motifs is 1. The molecule has 7 nitrogen and oxygen atoms in total. The summed E-state index contributed by atoms with van der Waals surface area (Å²) in [5, 5.41) is 23.7. The maximum atomic E-state index is 10.6. The van der Waals surface area contributed by atoms with Crippen molar-refractivity contribution in [3.8, 4) is 11.1 Å². The minimum absolute atomic E-state index is 0.480. The Balaban J connectivity index is 1.52. The third kappa shape index (κ3) is 3.87. The van der Waals surface area contributed by atoms with Gasteiger partial charge in [0.1, 0.15) is 24.4 Å². The van der Waals surface area contributed by atoms with Crippen LogP contribution in [0.4, 0.5) is 11.5 Å². The van der Waals surface area contributed by atoms with E-state index in [1.165, 1.54) is 0 Å². The average Bonchev–Trinajstić information content (AvgIpc) is 3.26. The maximum absolute atomic E-state index is 10.6. The Labute approximate surface area is 195 Å². The Morgan fingerprint density at radius 3 is 2.44 bits per heavy atom. The Bertz CT molecular complexity index is 1150. The molecule has 2 aromatic carbocycles. The molecule has 9 heteroatoms. The Kier molecular flexibility index (Phi) is 5.61. The van der Waals surface area contributed by atoms with Crippen molar-refractivity contribution in [1.29, 1.82) is 0 Å². The molecule has 0 spiro atoms. The van der Waals surface area contributed by atoms with E-state index < -0.39 is 24.5 Å². The molecule has 3 heterocycles. The van der Waals surface area contributed by atoms with Crippen molar-refractivity contribution < 1.29 is 14.9 Å². The van der Waals surface area contributed by atoms with Crippen molar-refractivity contribution in [2.24, 2.45) is 4.99 Å². The van der Waals surface area contributed by atoms with Crippen molar-refractivity contribution in [2.75, 3.05) is 5.43 Å². The van der Waals surface area contributed by atoms with Crippen LogP contribution >= 0.6 is 23.2 Å². The quantitative estimate of drug-likeness (QED) is 0.516. The summed E-state index contributed by atoms with van der Waals surface area (Å²) >= 11 is 12.3. The third-order valence-electron chi connectivity index (χ3n) is 5.73. The molecule has 0 aliphatic carbocycles. The summed E-state index contributed by atoms with van der Waals surface area (Å²) in [5.74, 6) is 0.677. The zero-order valence-corrected chi connectivity index (χ0v) is 18.7. The Morgan fingerprint density at radius 2 is 1.78 bits per heavy atom. The first kappa shape index (κ1) is 21.3. The van der Waals surface area contributed by atoms with Gasteiger partial charge in [0.15, 0.2) is 6.23 Å². The van der Waals surface area contributed by atoms with Crippen LogP contribution in [-0.4, -0.2) is 44.4 Å². The number of hydrogen-bond donors (Lipinski definition) is 3. The van der Waals surface area contributed by atoms with Crippen LogP contribution in [0.3, 0.4) is 0 Å². The molecule has 2 aliphatic heterocycles. The van der Waals surface area contributed by atoms with E-state index >= 15 is 0 Å². The highest BCUT2D eigenvalue weighted by Gasteiger charge is 2.42. The Hall–Kier alpha value is -2.55. The number of nitrogens with one attached hydrogen (secondary N) is 1. The van der Waals surface area contributed by atoms with Gasteiger partial charge in [-0.3, -0.25) is 10.4 Å². The van der Waals surface area contributed by atoms with Gasteiger partial charge in [0.2, 0.25) is 0 Å². The van der Waals surface area contributed by atoms with Gasteiger partial charge in [-0.25, -0.2) is 4.99 Å². The third-order valence-corrected chi connectivity index (χ3v) is 6.16. The topological polar surface area (TPSA) is 82.2 Å². The van der Waals surface area contributed by atoms with Crippen molar-refractivity contribution in [3.63, 3.8) is 0 Å². The molecule has 166 valence electrons. The summed E-state index contributed by atoms with van der Waals surface area (Å²) in [6.07, 6.45) is 0.377. The lowest BCUT2D eigenvalue weighted by molar-refractivity contribution is -0.0308. The number of aliphatic hydroxyl groups is 2. The predicted octanol–water partition coefficient (Wildman–Crippen LogP) is 4.60. The molecule has 2 aliphatic rings. The van der Waals surface area contributed by atoms with Gasteiger partial charge in [0.05, 0.1) is 18.3 Å². The molecule has 0 radical (unpaired) electrons. The lowest BCUT2D eigenvalue weighted by Crippen LogP contribution is -2.31. The second-order valence-electron chi connectivity index (χ2n) is 7.97. The molecule has 0 unspecified atom stereocenters. The standard InChI is InChI=1S/C23H22Cl2N4O3/c1-13-20(30)21(31)23(32-13)29-11-18(14-5-3-2-4-6-14)19-10-28(12-26-22(19)29)27-17-8-15(24)7-16(25)9-17/h2-9,11-13,20-21,23,27,30-31H,10H2,1H3/t13-,20-,21-,23-/m1/s1. The SMILES string of the molecule is C[C@H]1O[C@@H](n2cc(-c3ccccc3)c3c2N=CN(Nc2cc(Cl)cc(Cl)c2)C3)[C@H](O)[C@@H]1O. The van der Waals surface area contributed by atoms with Crippen LogP contribution in [-0.2, 0) is 11.3 Å². The minimum atomic E-state index is -1.05. The van der Waals surface area contributed by atoms with Gasteiger partial charge < -0.3 is 19.5 Å². The normalized spacial score (nSPS) is 24.6. The van der Waals surface area contributed by atoms with E-state index in [4.69, 9.17) is 27.9 Å². The minimum Gasteiger partial charge on any atom is -0.388 e. The highest BCUT2D eigenvalue weighted by Crippen LogP contribution is 2.41. The van der Waals surface area contributed by atoms with Gasteiger partial charge >= 0.3 is 0 Å². The van der Waals surface area contributed by atoms with Gasteiger partial charge in [0, 0.05) is 27.4 Å². The number of aliphatic hydroxyl groups excluding tert-OH is 2. The number of aromatic nitrogens is 1. The monoisotopic (exact) mass is 472 g/mol. The number of anilines is 1. The largest absolute Gasteiger partial charge is 0.388 e. The van der Waals surface area contributed by atoms with Crippen LogP contribution in [0.1, 0.15) is 18.7 Å². The van der Waals surface area contributed by atoms with E-state index in [1.807, 2.05) is 41.5 Å². The number of hydrazine groups is 1. The van der Waals surface area contributed by atoms with E-state index in [1.54, 1.807) is 36.0 Å². The summed E-state index contributed by atoms with van der Waals surface area (Å²) in [6.45, 7) is 2.24. The summed E-state index contributed by atoms with van der Waals surface area (Å²) < 4.78 is 7.67. The molecule has 1 saturated heterocycles. The van der Waals surface area contributed by atoms with Crippen molar-refractivity contribution >= 4 is 41.0 Å².